The molecule has 1 atom stereocenters. The van der Waals surface area contributed by atoms with Gasteiger partial charge in [-0.1, -0.05) is 24.3 Å². The van der Waals surface area contributed by atoms with Crippen molar-refractivity contribution in [2.24, 2.45) is 0 Å². The van der Waals surface area contributed by atoms with Crippen LogP contribution in [0.25, 0.3) is 0 Å². The molecule has 0 bridgehead atoms. The van der Waals surface area contributed by atoms with E-state index in [9.17, 15) is 4.79 Å². The maximum atomic E-state index is 11.7. The lowest BCUT2D eigenvalue weighted by molar-refractivity contribution is -0.123. The monoisotopic (exact) mass is 233 g/mol. The highest BCUT2D eigenvalue weighted by Gasteiger charge is 2.18. The highest BCUT2D eigenvalue weighted by atomic mass is 16.5. The van der Waals surface area contributed by atoms with E-state index in [1.165, 1.54) is 11.1 Å². The Hall–Kier alpha value is -1.35. The molecule has 0 spiro atoms. The van der Waals surface area contributed by atoms with Crippen molar-refractivity contribution in [2.45, 2.75) is 38.8 Å². The quantitative estimate of drug-likeness (QED) is 0.865. The molecule has 3 nitrogen and oxygen atoms in total. The summed E-state index contributed by atoms with van der Waals surface area (Å²) in [6.07, 6.45) is 2.71. The molecule has 1 N–H and O–H groups in total. The molecular formula is C14H19NO2. The van der Waals surface area contributed by atoms with Crippen LogP contribution in [0.2, 0.25) is 0 Å². The maximum Gasteiger partial charge on any atom is 0.222 e. The number of amides is 1. The lowest BCUT2D eigenvalue weighted by atomic mass is 10.1. The van der Waals surface area contributed by atoms with Crippen LogP contribution < -0.4 is 5.32 Å². The molecule has 2 rings (SSSR count). The average Bonchev–Trinajstić information content (AvgIpc) is 2.81. The second-order valence-electron chi connectivity index (χ2n) is 4.54. The van der Waals surface area contributed by atoms with Crippen LogP contribution in [0.4, 0.5) is 0 Å². The summed E-state index contributed by atoms with van der Waals surface area (Å²) in [5, 5.41) is 2.95. The van der Waals surface area contributed by atoms with Crippen LogP contribution in [0.5, 0.6) is 0 Å². The van der Waals surface area contributed by atoms with Crippen molar-refractivity contribution in [1.29, 1.82) is 0 Å². The Balaban J connectivity index is 1.77. The van der Waals surface area contributed by atoms with Crippen LogP contribution in [0.3, 0.4) is 0 Å². The summed E-state index contributed by atoms with van der Waals surface area (Å²) in [5.41, 5.74) is 2.39. The number of ether oxygens (including phenoxy) is 1. The fourth-order valence-corrected chi connectivity index (χ4v) is 2.09. The number of rotatable bonds is 4. The summed E-state index contributed by atoms with van der Waals surface area (Å²) < 4.78 is 5.44. The van der Waals surface area contributed by atoms with Crippen LogP contribution >= 0.6 is 0 Å². The molecular weight excluding hydrogens is 214 g/mol. The van der Waals surface area contributed by atoms with E-state index in [0.717, 1.165) is 19.4 Å². The van der Waals surface area contributed by atoms with E-state index >= 15 is 0 Å². The number of carbonyl (C=O) groups is 1. The van der Waals surface area contributed by atoms with Gasteiger partial charge in [0.25, 0.3) is 0 Å². The van der Waals surface area contributed by atoms with Gasteiger partial charge in [-0.15, -0.1) is 0 Å². The predicted molar refractivity (Wildman–Crippen MR) is 66.6 cm³/mol. The first-order valence-electron chi connectivity index (χ1n) is 6.18. The minimum atomic E-state index is 0.0835. The van der Waals surface area contributed by atoms with Crippen molar-refractivity contribution in [3.05, 3.63) is 35.4 Å². The van der Waals surface area contributed by atoms with Crippen LogP contribution in [0, 0.1) is 6.92 Å². The number of hydrogen-bond donors (Lipinski definition) is 1. The van der Waals surface area contributed by atoms with Crippen molar-refractivity contribution in [2.75, 3.05) is 6.61 Å². The zero-order valence-electron chi connectivity index (χ0n) is 10.2. The summed E-state index contributed by atoms with van der Waals surface area (Å²) in [4.78, 5) is 11.7. The Labute approximate surface area is 102 Å². The number of nitrogens with one attached hydrogen (secondary N) is 1. The summed E-state index contributed by atoms with van der Waals surface area (Å²) in [5.74, 6) is 0.0835. The minimum Gasteiger partial charge on any atom is -0.378 e. The zero-order chi connectivity index (χ0) is 12.1. The van der Waals surface area contributed by atoms with Gasteiger partial charge in [0.15, 0.2) is 0 Å². The number of aryl methyl sites for hydroxylation is 1. The standard InChI is InChI=1S/C14H19NO2/c1-11-5-2-3-6-12(11)10-15-14(16)9-13-7-4-8-17-13/h2-3,5-6,13H,4,7-10H2,1H3,(H,15,16). The number of carbonyl (C=O) groups excluding carboxylic acids is 1. The van der Waals surface area contributed by atoms with Crippen LogP contribution in [-0.2, 0) is 16.1 Å². The van der Waals surface area contributed by atoms with Crippen molar-refractivity contribution < 1.29 is 9.53 Å². The SMILES string of the molecule is Cc1ccccc1CNC(=O)CC1CCCO1. The van der Waals surface area contributed by atoms with Gasteiger partial charge in [0.2, 0.25) is 5.91 Å². The van der Waals surface area contributed by atoms with Crippen molar-refractivity contribution in [3.8, 4) is 0 Å². The van der Waals surface area contributed by atoms with E-state index in [0.29, 0.717) is 13.0 Å². The van der Waals surface area contributed by atoms with Crippen LogP contribution in [0.15, 0.2) is 24.3 Å². The molecule has 0 aliphatic carbocycles. The van der Waals surface area contributed by atoms with Crippen LogP contribution in [0.1, 0.15) is 30.4 Å². The highest BCUT2D eigenvalue weighted by molar-refractivity contribution is 5.76. The number of hydrogen-bond acceptors (Lipinski definition) is 2. The predicted octanol–water partition coefficient (Wildman–Crippen LogP) is 2.18. The second kappa shape index (κ2) is 5.82. The molecule has 1 fully saturated rings. The van der Waals surface area contributed by atoms with E-state index in [1.54, 1.807) is 0 Å². The van der Waals surface area contributed by atoms with E-state index in [-0.39, 0.29) is 12.0 Å². The lowest BCUT2D eigenvalue weighted by Crippen LogP contribution is -2.27. The van der Waals surface area contributed by atoms with Gasteiger partial charge in [0, 0.05) is 13.2 Å². The number of benzene rings is 1. The van der Waals surface area contributed by atoms with E-state index in [2.05, 4.69) is 18.3 Å². The van der Waals surface area contributed by atoms with Gasteiger partial charge in [0.05, 0.1) is 12.5 Å². The van der Waals surface area contributed by atoms with Crippen LogP contribution in [-0.4, -0.2) is 18.6 Å². The first-order chi connectivity index (χ1) is 8.25. The van der Waals surface area contributed by atoms with Gasteiger partial charge < -0.3 is 10.1 Å². The molecule has 1 aliphatic rings. The summed E-state index contributed by atoms with van der Waals surface area (Å²) in [7, 11) is 0. The van der Waals surface area contributed by atoms with Gasteiger partial charge in [-0.3, -0.25) is 4.79 Å². The molecule has 0 saturated carbocycles. The molecule has 1 unspecified atom stereocenters. The molecule has 1 heterocycles. The summed E-state index contributed by atoms with van der Waals surface area (Å²) >= 11 is 0. The van der Waals surface area contributed by atoms with E-state index < -0.39 is 0 Å². The second-order valence-corrected chi connectivity index (χ2v) is 4.54. The molecule has 0 radical (unpaired) electrons. The van der Waals surface area contributed by atoms with Crippen molar-refractivity contribution >= 4 is 5.91 Å². The first kappa shape index (κ1) is 12.1. The molecule has 1 aliphatic heterocycles. The van der Waals surface area contributed by atoms with Crippen molar-refractivity contribution in [1.82, 2.24) is 5.32 Å². The molecule has 92 valence electrons. The fraction of sp³-hybridized carbons (Fsp3) is 0.500. The molecule has 1 saturated heterocycles. The fourth-order valence-electron chi connectivity index (χ4n) is 2.09. The third-order valence-electron chi connectivity index (χ3n) is 3.17. The highest BCUT2D eigenvalue weighted by Crippen LogP contribution is 2.15. The molecule has 1 aromatic carbocycles. The smallest absolute Gasteiger partial charge is 0.222 e. The normalized spacial score (nSPS) is 19.2. The van der Waals surface area contributed by atoms with E-state index in [1.807, 2.05) is 18.2 Å². The molecule has 1 aromatic rings. The minimum absolute atomic E-state index is 0.0835. The third-order valence-corrected chi connectivity index (χ3v) is 3.17. The molecule has 17 heavy (non-hydrogen) atoms. The molecule has 1 amide bonds. The third kappa shape index (κ3) is 3.56. The van der Waals surface area contributed by atoms with Gasteiger partial charge in [-0.2, -0.15) is 0 Å². The van der Waals surface area contributed by atoms with Crippen molar-refractivity contribution in [3.63, 3.8) is 0 Å². The Morgan fingerprint density at radius 1 is 1.47 bits per heavy atom. The average molecular weight is 233 g/mol. The Morgan fingerprint density at radius 2 is 2.29 bits per heavy atom. The largest absolute Gasteiger partial charge is 0.378 e. The van der Waals surface area contributed by atoms with Gasteiger partial charge in [0.1, 0.15) is 0 Å². The Morgan fingerprint density at radius 3 is 3.00 bits per heavy atom. The van der Waals surface area contributed by atoms with Gasteiger partial charge in [-0.05, 0) is 30.9 Å². The van der Waals surface area contributed by atoms with E-state index in [4.69, 9.17) is 4.74 Å². The maximum absolute atomic E-state index is 11.7. The molecule has 3 heteroatoms. The van der Waals surface area contributed by atoms with Gasteiger partial charge in [-0.25, -0.2) is 0 Å². The topological polar surface area (TPSA) is 38.3 Å². The summed E-state index contributed by atoms with van der Waals surface area (Å²) in [6, 6.07) is 8.10. The van der Waals surface area contributed by atoms with Gasteiger partial charge >= 0.3 is 0 Å². The Bertz CT molecular complexity index is 384. The first-order valence-corrected chi connectivity index (χ1v) is 6.18. The zero-order valence-corrected chi connectivity index (χ0v) is 10.2. The summed E-state index contributed by atoms with van der Waals surface area (Å²) in [6.45, 7) is 3.47. The Kier molecular flexibility index (Phi) is 4.15. The molecule has 0 aromatic heterocycles. The lowest BCUT2D eigenvalue weighted by Gasteiger charge is -2.10.